The molecule has 0 aromatic rings. The van der Waals surface area contributed by atoms with Crippen LogP contribution in [0.3, 0.4) is 0 Å². The number of carbonyl (C=O) groups is 4. The van der Waals surface area contributed by atoms with Gasteiger partial charge in [0.25, 0.3) is 0 Å². The van der Waals surface area contributed by atoms with Crippen LogP contribution in [-0.4, -0.2) is 59.1 Å². The van der Waals surface area contributed by atoms with Crippen molar-refractivity contribution < 1.29 is 29.4 Å². The Kier molecular flexibility index (Phi) is 10.3. The summed E-state index contributed by atoms with van der Waals surface area (Å²) in [6.45, 7) is 0.0734. The standard InChI is InChI=1S/C13H24N4O6/c14-6-2-1-3-8(15)12(21)16-7-10(18)17-9(13(22)23)4-5-11(19)20/h8-9H,1-7,14-15H2,(H,16,21)(H,17,18)(H,19,20)(H,22,23)/t8-,9+/m0/s1. The first-order valence-corrected chi connectivity index (χ1v) is 7.25. The lowest BCUT2D eigenvalue weighted by Crippen LogP contribution is -2.48. The van der Waals surface area contributed by atoms with Crippen molar-refractivity contribution in [1.82, 2.24) is 10.6 Å². The first kappa shape index (κ1) is 20.8. The quantitative estimate of drug-likeness (QED) is 0.221. The lowest BCUT2D eigenvalue weighted by molar-refractivity contribution is -0.143. The van der Waals surface area contributed by atoms with Crippen LogP contribution in [0.25, 0.3) is 0 Å². The van der Waals surface area contributed by atoms with Crippen LogP contribution in [-0.2, 0) is 19.2 Å². The van der Waals surface area contributed by atoms with Crippen molar-refractivity contribution in [3.8, 4) is 0 Å². The van der Waals surface area contributed by atoms with Crippen LogP contribution in [0.1, 0.15) is 32.1 Å². The highest BCUT2D eigenvalue weighted by molar-refractivity contribution is 5.89. The zero-order chi connectivity index (χ0) is 17.8. The number of nitrogens with one attached hydrogen (secondary N) is 2. The van der Waals surface area contributed by atoms with E-state index in [-0.39, 0.29) is 6.42 Å². The van der Waals surface area contributed by atoms with E-state index >= 15 is 0 Å². The van der Waals surface area contributed by atoms with E-state index in [1.165, 1.54) is 0 Å². The molecular weight excluding hydrogens is 308 g/mol. The molecule has 2 atom stereocenters. The van der Waals surface area contributed by atoms with Crippen LogP contribution in [0.5, 0.6) is 0 Å². The van der Waals surface area contributed by atoms with Crippen molar-refractivity contribution >= 4 is 23.8 Å². The third-order valence-electron chi connectivity index (χ3n) is 3.01. The largest absolute Gasteiger partial charge is 0.481 e. The van der Waals surface area contributed by atoms with E-state index in [1.54, 1.807) is 0 Å². The summed E-state index contributed by atoms with van der Waals surface area (Å²) in [5.41, 5.74) is 11.0. The van der Waals surface area contributed by atoms with Gasteiger partial charge in [0, 0.05) is 6.42 Å². The SMILES string of the molecule is NCCCC[C@H](N)C(=O)NCC(=O)N[C@H](CCC(=O)O)C(=O)O. The Morgan fingerprint density at radius 3 is 2.22 bits per heavy atom. The zero-order valence-corrected chi connectivity index (χ0v) is 12.8. The minimum Gasteiger partial charge on any atom is -0.481 e. The maximum absolute atomic E-state index is 11.6. The number of carboxylic acid groups (broad SMARTS) is 2. The van der Waals surface area contributed by atoms with Gasteiger partial charge in [0.15, 0.2) is 0 Å². The van der Waals surface area contributed by atoms with E-state index in [2.05, 4.69) is 10.6 Å². The number of unbranched alkanes of at least 4 members (excludes halogenated alkanes) is 1. The number of nitrogens with two attached hydrogens (primary N) is 2. The highest BCUT2D eigenvalue weighted by Gasteiger charge is 2.21. The topological polar surface area (TPSA) is 185 Å². The van der Waals surface area contributed by atoms with E-state index in [0.29, 0.717) is 19.4 Å². The average molecular weight is 332 g/mol. The fourth-order valence-corrected chi connectivity index (χ4v) is 1.71. The molecule has 10 nitrogen and oxygen atoms in total. The van der Waals surface area contributed by atoms with Crippen molar-refractivity contribution in [3.05, 3.63) is 0 Å². The van der Waals surface area contributed by atoms with E-state index in [0.717, 1.165) is 6.42 Å². The molecule has 0 aliphatic rings. The van der Waals surface area contributed by atoms with Crippen LogP contribution < -0.4 is 22.1 Å². The number of carbonyl (C=O) groups excluding carboxylic acids is 2. The monoisotopic (exact) mass is 332 g/mol. The summed E-state index contributed by atoms with van der Waals surface area (Å²) in [4.78, 5) is 44.6. The summed E-state index contributed by atoms with van der Waals surface area (Å²) in [5.74, 6) is -3.76. The lowest BCUT2D eigenvalue weighted by atomic mass is 10.1. The number of hydrogen-bond acceptors (Lipinski definition) is 6. The van der Waals surface area contributed by atoms with Crippen molar-refractivity contribution in [3.63, 3.8) is 0 Å². The molecule has 8 N–H and O–H groups in total. The van der Waals surface area contributed by atoms with Crippen LogP contribution in [0.4, 0.5) is 0 Å². The number of aliphatic carboxylic acids is 2. The molecular formula is C13H24N4O6. The summed E-state index contributed by atoms with van der Waals surface area (Å²) < 4.78 is 0. The van der Waals surface area contributed by atoms with Gasteiger partial charge in [0.1, 0.15) is 6.04 Å². The number of amides is 2. The van der Waals surface area contributed by atoms with Gasteiger partial charge in [0.2, 0.25) is 11.8 Å². The van der Waals surface area contributed by atoms with Gasteiger partial charge in [-0.1, -0.05) is 6.42 Å². The molecule has 0 fully saturated rings. The molecule has 0 rings (SSSR count). The van der Waals surface area contributed by atoms with Gasteiger partial charge in [-0.3, -0.25) is 14.4 Å². The molecule has 0 aliphatic heterocycles. The number of rotatable bonds is 12. The average Bonchev–Trinajstić information content (AvgIpc) is 2.48. The molecule has 0 aliphatic carbocycles. The predicted molar refractivity (Wildman–Crippen MR) is 80.3 cm³/mol. The van der Waals surface area contributed by atoms with Gasteiger partial charge in [-0.25, -0.2) is 4.79 Å². The predicted octanol–water partition coefficient (Wildman–Crippen LogP) is -2.01. The number of hydrogen-bond donors (Lipinski definition) is 6. The Labute approximate surface area is 133 Å². The van der Waals surface area contributed by atoms with Crippen molar-refractivity contribution in [2.24, 2.45) is 11.5 Å². The Morgan fingerprint density at radius 1 is 1.04 bits per heavy atom. The molecule has 2 amide bonds. The van der Waals surface area contributed by atoms with Gasteiger partial charge in [-0.05, 0) is 25.8 Å². The highest BCUT2D eigenvalue weighted by atomic mass is 16.4. The normalized spacial score (nSPS) is 13.0. The van der Waals surface area contributed by atoms with E-state index in [9.17, 15) is 19.2 Å². The Bertz CT molecular complexity index is 429. The fraction of sp³-hybridized carbons (Fsp3) is 0.692. The Morgan fingerprint density at radius 2 is 1.70 bits per heavy atom. The zero-order valence-electron chi connectivity index (χ0n) is 12.8. The highest BCUT2D eigenvalue weighted by Crippen LogP contribution is 1.99. The van der Waals surface area contributed by atoms with Gasteiger partial charge in [-0.2, -0.15) is 0 Å². The molecule has 0 heterocycles. The van der Waals surface area contributed by atoms with Crippen LogP contribution >= 0.6 is 0 Å². The Balaban J connectivity index is 4.18. The summed E-state index contributed by atoms with van der Waals surface area (Å²) in [6.07, 6.45) is 1.22. The van der Waals surface area contributed by atoms with Crippen LogP contribution in [0, 0.1) is 0 Å². The molecule has 0 saturated carbocycles. The maximum atomic E-state index is 11.6. The summed E-state index contributed by atoms with van der Waals surface area (Å²) in [7, 11) is 0. The van der Waals surface area contributed by atoms with Gasteiger partial charge < -0.3 is 32.3 Å². The van der Waals surface area contributed by atoms with Crippen molar-refractivity contribution in [1.29, 1.82) is 0 Å². The molecule has 0 aromatic carbocycles. The number of carboxylic acids is 2. The van der Waals surface area contributed by atoms with Crippen LogP contribution in [0.2, 0.25) is 0 Å². The smallest absolute Gasteiger partial charge is 0.326 e. The minimum absolute atomic E-state index is 0.247. The lowest BCUT2D eigenvalue weighted by Gasteiger charge is -2.15. The molecule has 132 valence electrons. The molecule has 0 unspecified atom stereocenters. The molecule has 0 aromatic heterocycles. The minimum atomic E-state index is -1.34. The molecule has 23 heavy (non-hydrogen) atoms. The molecule has 0 spiro atoms. The van der Waals surface area contributed by atoms with Crippen molar-refractivity contribution in [2.45, 2.75) is 44.2 Å². The summed E-state index contributed by atoms with van der Waals surface area (Å²) >= 11 is 0. The first-order chi connectivity index (χ1) is 10.8. The van der Waals surface area contributed by atoms with Gasteiger partial charge in [-0.15, -0.1) is 0 Å². The van der Waals surface area contributed by atoms with E-state index < -0.39 is 48.8 Å². The second-order valence-corrected chi connectivity index (χ2v) is 5.00. The maximum Gasteiger partial charge on any atom is 0.326 e. The fourth-order valence-electron chi connectivity index (χ4n) is 1.71. The van der Waals surface area contributed by atoms with Gasteiger partial charge in [0.05, 0.1) is 12.6 Å². The van der Waals surface area contributed by atoms with Crippen LogP contribution in [0.15, 0.2) is 0 Å². The van der Waals surface area contributed by atoms with E-state index in [4.69, 9.17) is 21.7 Å². The van der Waals surface area contributed by atoms with Crippen molar-refractivity contribution in [2.75, 3.05) is 13.1 Å². The van der Waals surface area contributed by atoms with Gasteiger partial charge >= 0.3 is 11.9 Å². The third-order valence-corrected chi connectivity index (χ3v) is 3.01. The second kappa shape index (κ2) is 11.4. The molecule has 0 bridgehead atoms. The summed E-state index contributed by atoms with van der Waals surface area (Å²) in [6, 6.07) is -2.09. The molecule has 0 radical (unpaired) electrons. The molecule has 0 saturated heterocycles. The van der Waals surface area contributed by atoms with E-state index in [1.807, 2.05) is 0 Å². The summed E-state index contributed by atoms with van der Waals surface area (Å²) in [5, 5.41) is 21.9. The second-order valence-electron chi connectivity index (χ2n) is 5.00. The molecule has 10 heteroatoms. The first-order valence-electron chi connectivity index (χ1n) is 7.25. The Hall–Kier alpha value is -2.20. The third kappa shape index (κ3) is 10.2.